The number of rotatable bonds is 5. The summed E-state index contributed by atoms with van der Waals surface area (Å²) in [6.45, 7) is 11.1. The summed E-state index contributed by atoms with van der Waals surface area (Å²) in [5.74, 6) is -7.40. The van der Waals surface area contributed by atoms with Crippen LogP contribution in [-0.2, 0) is 52.7 Å². The maximum Gasteiger partial charge on any atom is 0.245 e. The molecule has 11 amide bonds. The summed E-state index contributed by atoms with van der Waals surface area (Å²) >= 11 is 0. The molecule has 0 aromatic carbocycles. The topological polar surface area (TPSA) is 250 Å². The van der Waals surface area contributed by atoms with Crippen molar-refractivity contribution in [1.82, 2.24) is 55.1 Å². The summed E-state index contributed by atoms with van der Waals surface area (Å²) in [4.78, 5) is 157. The molecule has 1 fully saturated rings. The molecule has 0 saturated carbocycles. The molecule has 0 aromatic heterocycles. The van der Waals surface area contributed by atoms with Crippen LogP contribution >= 0.6 is 0 Å². The van der Waals surface area contributed by atoms with Gasteiger partial charge in [0.25, 0.3) is 0 Å². The van der Waals surface area contributed by atoms with Crippen molar-refractivity contribution in [1.29, 1.82) is 0 Å². The van der Waals surface area contributed by atoms with Crippen LogP contribution in [0.2, 0.25) is 0 Å². The fourth-order valence-corrected chi connectivity index (χ4v) is 7.03. The van der Waals surface area contributed by atoms with Crippen LogP contribution in [0, 0.1) is 17.8 Å². The van der Waals surface area contributed by atoms with Crippen molar-refractivity contribution in [3.05, 3.63) is 0 Å². The smallest absolute Gasteiger partial charge is 0.245 e. The van der Waals surface area contributed by atoms with E-state index in [1.165, 1.54) is 82.9 Å². The Labute approximate surface area is 390 Å². The minimum absolute atomic E-state index is 0.0654. The second kappa shape index (κ2) is 26.3. The van der Waals surface area contributed by atoms with Crippen LogP contribution in [0.25, 0.3) is 0 Å². The van der Waals surface area contributed by atoms with Crippen LogP contribution in [0.1, 0.15) is 74.7 Å². The Balaban J connectivity index is 3.53. The van der Waals surface area contributed by atoms with E-state index in [-0.39, 0.29) is 24.7 Å². The lowest BCUT2D eigenvalue weighted by Crippen LogP contribution is -2.57. The summed E-state index contributed by atoms with van der Waals surface area (Å²) in [7, 11) is 11.1. The highest BCUT2D eigenvalue weighted by Crippen LogP contribution is 2.17. The fourth-order valence-electron chi connectivity index (χ4n) is 7.03. The van der Waals surface area contributed by atoms with Gasteiger partial charge in [0, 0.05) is 68.8 Å². The van der Waals surface area contributed by atoms with E-state index in [9.17, 15) is 52.7 Å². The number of carbonyl (C=O) groups excluding carboxylic acids is 11. The molecule has 22 heteroatoms. The number of hydrogen-bond acceptors (Lipinski definition) is 11. The van der Waals surface area contributed by atoms with Crippen molar-refractivity contribution in [2.45, 2.75) is 105 Å². The Morgan fingerprint density at radius 3 is 1.48 bits per heavy atom. The number of nitrogens with zero attached hydrogens (tertiary/aromatic N) is 8. The highest BCUT2D eigenvalue weighted by atomic mass is 16.2. The zero-order valence-corrected chi connectivity index (χ0v) is 42.1. The molecule has 0 aliphatic carbocycles. The molecular formula is C44H77N11O11. The van der Waals surface area contributed by atoms with Gasteiger partial charge in [-0.1, -0.05) is 48.0 Å². The van der Waals surface area contributed by atoms with E-state index in [1.54, 1.807) is 27.7 Å². The lowest BCUT2D eigenvalue weighted by atomic mass is 9.97. The molecule has 1 saturated heterocycles. The van der Waals surface area contributed by atoms with E-state index in [4.69, 9.17) is 0 Å². The molecule has 0 aromatic rings. The van der Waals surface area contributed by atoms with Gasteiger partial charge >= 0.3 is 0 Å². The normalized spacial score (nSPS) is 24.9. The summed E-state index contributed by atoms with van der Waals surface area (Å²) in [6, 6.07) is -4.91. The number of nitrogens with one attached hydrogen (secondary N) is 3. The lowest BCUT2D eigenvalue weighted by molar-refractivity contribution is -0.148. The molecule has 0 radical (unpaired) electrons. The van der Waals surface area contributed by atoms with Crippen molar-refractivity contribution >= 4 is 65.0 Å². The van der Waals surface area contributed by atoms with Crippen LogP contribution < -0.4 is 16.0 Å². The number of likely N-dealkylation sites (N-methyl/N-ethyl adjacent to an activating group) is 8. The molecule has 1 heterocycles. The van der Waals surface area contributed by atoms with Gasteiger partial charge in [-0.05, 0) is 38.0 Å². The van der Waals surface area contributed by atoms with E-state index in [0.29, 0.717) is 6.42 Å². The first-order valence-electron chi connectivity index (χ1n) is 22.3. The zero-order chi connectivity index (χ0) is 51.1. The first kappa shape index (κ1) is 58.2. The summed E-state index contributed by atoms with van der Waals surface area (Å²) in [5.41, 5.74) is 0. The zero-order valence-electron chi connectivity index (χ0n) is 42.1. The summed E-state index contributed by atoms with van der Waals surface area (Å²) in [6.07, 6.45) is 0.476. The minimum Gasteiger partial charge on any atom is -0.351 e. The van der Waals surface area contributed by atoms with Gasteiger partial charge in [0.05, 0.1) is 39.3 Å². The van der Waals surface area contributed by atoms with Gasteiger partial charge < -0.3 is 55.1 Å². The van der Waals surface area contributed by atoms with E-state index in [1.807, 2.05) is 20.8 Å². The molecule has 1 aliphatic rings. The van der Waals surface area contributed by atoms with Gasteiger partial charge in [-0.2, -0.15) is 0 Å². The Morgan fingerprint density at radius 1 is 0.530 bits per heavy atom. The first-order valence-corrected chi connectivity index (χ1v) is 22.3. The standard InChI is InChI=1S/C44H77N11O11/c1-17-28(6)39-44(66)52(13)24-37(61)50(11)23-36(60)49(10)22-35(59)48(9)21-32(56)45-20-34(58)54(15)31(18-26(2)3)43(65)51(12)25-38(62)55(16)40(27(4)5)42(64)46-29(7)19-33(57)53(14)30(8)41(63)47-39/h26-31,39-40H,17-25H2,1-16H3,(H,45,56)(H,46,64)(H,47,63)/t28-,29?,30?,31?,39?,40?/m0/s1. The van der Waals surface area contributed by atoms with Gasteiger partial charge in [0.15, 0.2) is 0 Å². The van der Waals surface area contributed by atoms with Crippen molar-refractivity contribution < 1.29 is 52.7 Å². The van der Waals surface area contributed by atoms with E-state index >= 15 is 0 Å². The third-order valence-electron chi connectivity index (χ3n) is 11.9. The van der Waals surface area contributed by atoms with Crippen LogP contribution in [0.3, 0.4) is 0 Å². The number of hydrogen-bond donors (Lipinski definition) is 3. The van der Waals surface area contributed by atoms with E-state index < -0.39 is 140 Å². The molecular weight excluding hydrogens is 859 g/mol. The fraction of sp³-hybridized carbons (Fsp3) is 0.750. The molecule has 374 valence electrons. The summed E-state index contributed by atoms with van der Waals surface area (Å²) in [5, 5.41) is 7.99. The largest absolute Gasteiger partial charge is 0.351 e. The molecule has 1 rings (SSSR count). The van der Waals surface area contributed by atoms with Crippen molar-refractivity contribution in [2.24, 2.45) is 17.8 Å². The predicted octanol–water partition coefficient (Wildman–Crippen LogP) is -1.96. The maximum atomic E-state index is 13.9. The third-order valence-corrected chi connectivity index (χ3v) is 11.9. The molecule has 5 unspecified atom stereocenters. The average Bonchev–Trinajstić information content (AvgIpc) is 3.23. The minimum atomic E-state index is -1.08. The van der Waals surface area contributed by atoms with Gasteiger partial charge in [-0.3, -0.25) is 52.7 Å². The molecule has 22 nitrogen and oxygen atoms in total. The highest BCUT2D eigenvalue weighted by molar-refractivity contribution is 5.96. The Hall–Kier alpha value is -5.83. The molecule has 6 atom stereocenters. The van der Waals surface area contributed by atoms with Crippen molar-refractivity contribution in [3.63, 3.8) is 0 Å². The monoisotopic (exact) mass is 936 g/mol. The number of carbonyl (C=O) groups is 11. The first-order chi connectivity index (χ1) is 30.5. The molecule has 1 aliphatic heterocycles. The van der Waals surface area contributed by atoms with Gasteiger partial charge in [-0.25, -0.2) is 0 Å². The van der Waals surface area contributed by atoms with E-state index in [2.05, 4.69) is 16.0 Å². The maximum absolute atomic E-state index is 13.9. The SMILES string of the molecule is CC[C@H](C)C1NC(=O)C(C)N(C)C(=O)CC(C)NC(=O)C(C(C)C)N(C)C(=O)CN(C)C(=O)C(CC(C)C)N(C)C(=O)CNC(=O)CN(C)C(=O)CN(C)C(=O)CN(C)C(=O)CN(C)C1=O. The van der Waals surface area contributed by atoms with Crippen LogP contribution in [0.5, 0.6) is 0 Å². The van der Waals surface area contributed by atoms with Gasteiger partial charge in [0.1, 0.15) is 24.2 Å². The second-order valence-electron chi connectivity index (χ2n) is 18.4. The average molecular weight is 936 g/mol. The van der Waals surface area contributed by atoms with Crippen molar-refractivity contribution in [3.8, 4) is 0 Å². The molecule has 0 bridgehead atoms. The van der Waals surface area contributed by atoms with Crippen molar-refractivity contribution in [2.75, 3.05) is 95.6 Å². The Kier molecular flexibility index (Phi) is 23.2. The molecule has 3 N–H and O–H groups in total. The van der Waals surface area contributed by atoms with Gasteiger partial charge in [0.2, 0.25) is 65.0 Å². The number of amides is 11. The van der Waals surface area contributed by atoms with Crippen LogP contribution in [0.15, 0.2) is 0 Å². The quantitative estimate of drug-likeness (QED) is 0.273. The Bertz CT molecular complexity index is 1790. The van der Waals surface area contributed by atoms with Gasteiger partial charge in [-0.15, -0.1) is 0 Å². The second-order valence-corrected chi connectivity index (χ2v) is 18.4. The molecule has 0 spiro atoms. The van der Waals surface area contributed by atoms with E-state index in [0.717, 1.165) is 19.6 Å². The highest BCUT2D eigenvalue weighted by Gasteiger charge is 2.36. The summed E-state index contributed by atoms with van der Waals surface area (Å²) < 4.78 is 0. The lowest BCUT2D eigenvalue weighted by Gasteiger charge is -2.35. The molecule has 66 heavy (non-hydrogen) atoms. The Morgan fingerprint density at radius 2 is 1.00 bits per heavy atom. The predicted molar refractivity (Wildman–Crippen MR) is 244 cm³/mol. The van der Waals surface area contributed by atoms with Crippen LogP contribution in [-0.4, -0.2) is 230 Å². The third kappa shape index (κ3) is 17.2. The van der Waals surface area contributed by atoms with Crippen LogP contribution in [0.4, 0.5) is 0 Å².